The number of aromatic nitrogens is 2. The van der Waals surface area contributed by atoms with E-state index < -0.39 is 12.1 Å². The standard InChI is InChI=1S/C23H30N4O4/c1-13-6-7-16(25-23(30)26-21(28)20-5-4-8-31-20)11-17(13)18-10-15-12-24-14(2)9-19(15)27(3)22(18)29/h9-10,12-13,16-17,20H,4-8,11H2,1-3H3,(H2,25,26,28,30). The van der Waals surface area contributed by atoms with Gasteiger partial charge < -0.3 is 14.6 Å². The Labute approximate surface area is 181 Å². The molecule has 2 aromatic rings. The summed E-state index contributed by atoms with van der Waals surface area (Å²) in [5.41, 5.74) is 2.49. The van der Waals surface area contributed by atoms with E-state index in [9.17, 15) is 14.4 Å². The fraction of sp³-hybridized carbons (Fsp3) is 0.565. The lowest BCUT2D eigenvalue weighted by molar-refractivity contribution is -0.128. The van der Waals surface area contributed by atoms with Crippen molar-refractivity contribution in [1.29, 1.82) is 0 Å². The van der Waals surface area contributed by atoms with Crippen LogP contribution in [0.3, 0.4) is 0 Å². The number of amides is 3. The highest BCUT2D eigenvalue weighted by Gasteiger charge is 2.32. The predicted octanol–water partition coefficient (Wildman–Crippen LogP) is 2.52. The maximum atomic E-state index is 13.1. The van der Waals surface area contributed by atoms with E-state index in [2.05, 4.69) is 22.5 Å². The number of hydrogen-bond acceptors (Lipinski definition) is 5. The number of nitrogens with zero attached hydrogens (tertiary/aromatic N) is 2. The van der Waals surface area contributed by atoms with Crippen molar-refractivity contribution in [2.45, 2.75) is 64.0 Å². The maximum absolute atomic E-state index is 13.1. The van der Waals surface area contributed by atoms with E-state index in [4.69, 9.17) is 4.74 Å². The second-order valence-electron chi connectivity index (χ2n) is 8.91. The number of nitrogens with one attached hydrogen (secondary N) is 2. The third-order valence-electron chi connectivity index (χ3n) is 6.66. The van der Waals surface area contributed by atoms with Crippen molar-refractivity contribution in [3.63, 3.8) is 0 Å². The first-order chi connectivity index (χ1) is 14.8. The minimum Gasteiger partial charge on any atom is -0.368 e. The molecule has 2 aliphatic rings. The van der Waals surface area contributed by atoms with Crippen molar-refractivity contribution < 1.29 is 14.3 Å². The number of pyridine rings is 2. The molecular weight excluding hydrogens is 396 g/mol. The normalized spacial score (nSPS) is 26.0. The lowest BCUT2D eigenvalue weighted by atomic mass is 9.74. The van der Waals surface area contributed by atoms with Gasteiger partial charge in [0.05, 0.1) is 5.52 Å². The number of urea groups is 1. The van der Waals surface area contributed by atoms with E-state index in [1.807, 2.05) is 19.1 Å². The molecule has 2 fully saturated rings. The molecule has 4 rings (SSSR count). The van der Waals surface area contributed by atoms with Crippen molar-refractivity contribution in [3.8, 4) is 0 Å². The molecule has 166 valence electrons. The molecule has 8 nitrogen and oxygen atoms in total. The summed E-state index contributed by atoms with van der Waals surface area (Å²) < 4.78 is 7.02. The van der Waals surface area contributed by atoms with E-state index in [1.165, 1.54) is 0 Å². The lowest BCUT2D eigenvalue weighted by Crippen LogP contribution is -2.49. The highest BCUT2D eigenvalue weighted by molar-refractivity contribution is 5.96. The summed E-state index contributed by atoms with van der Waals surface area (Å²) >= 11 is 0. The molecule has 1 saturated carbocycles. The summed E-state index contributed by atoms with van der Waals surface area (Å²) in [5.74, 6) is -0.0440. The molecule has 2 N–H and O–H groups in total. The quantitative estimate of drug-likeness (QED) is 0.785. The first-order valence-electron chi connectivity index (χ1n) is 11.0. The Balaban J connectivity index is 1.49. The fourth-order valence-corrected chi connectivity index (χ4v) is 4.84. The van der Waals surface area contributed by atoms with Gasteiger partial charge in [0.1, 0.15) is 6.10 Å². The van der Waals surface area contributed by atoms with Gasteiger partial charge in [0.15, 0.2) is 0 Å². The Hall–Kier alpha value is -2.74. The molecule has 1 aliphatic heterocycles. The average molecular weight is 427 g/mol. The van der Waals surface area contributed by atoms with Crippen LogP contribution in [0.4, 0.5) is 4.79 Å². The molecule has 8 heteroatoms. The molecule has 0 bridgehead atoms. The Morgan fingerprint density at radius 3 is 2.77 bits per heavy atom. The highest BCUT2D eigenvalue weighted by atomic mass is 16.5. The van der Waals surface area contributed by atoms with Crippen molar-refractivity contribution in [2.24, 2.45) is 13.0 Å². The van der Waals surface area contributed by atoms with Gasteiger partial charge in [-0.05, 0) is 63.0 Å². The molecule has 0 radical (unpaired) electrons. The summed E-state index contributed by atoms with van der Waals surface area (Å²) in [6.07, 6.45) is 5.10. The van der Waals surface area contributed by atoms with Gasteiger partial charge in [0, 0.05) is 42.5 Å². The van der Waals surface area contributed by atoms with Crippen LogP contribution in [-0.4, -0.2) is 40.2 Å². The number of fused-ring (bicyclic) bond motifs is 1. The molecule has 3 amide bonds. The van der Waals surface area contributed by atoms with Crippen LogP contribution in [0.1, 0.15) is 56.2 Å². The number of rotatable bonds is 3. The van der Waals surface area contributed by atoms with Crippen molar-refractivity contribution >= 4 is 22.8 Å². The van der Waals surface area contributed by atoms with Crippen LogP contribution in [0.2, 0.25) is 0 Å². The molecule has 0 aromatic carbocycles. The summed E-state index contributed by atoms with van der Waals surface area (Å²) in [6, 6.07) is 3.28. The zero-order valence-corrected chi connectivity index (χ0v) is 18.3. The Morgan fingerprint density at radius 2 is 2.03 bits per heavy atom. The number of ether oxygens (including phenoxy) is 1. The largest absolute Gasteiger partial charge is 0.368 e. The summed E-state index contributed by atoms with van der Waals surface area (Å²) in [7, 11) is 1.79. The Morgan fingerprint density at radius 1 is 1.23 bits per heavy atom. The number of imide groups is 1. The molecule has 3 heterocycles. The number of carbonyl (C=O) groups is 2. The van der Waals surface area contributed by atoms with Crippen molar-refractivity contribution in [1.82, 2.24) is 20.2 Å². The molecule has 1 saturated heterocycles. The Kier molecular flexibility index (Phi) is 6.09. The number of carbonyl (C=O) groups excluding carboxylic acids is 2. The van der Waals surface area contributed by atoms with Gasteiger partial charge in [-0.1, -0.05) is 6.92 Å². The highest BCUT2D eigenvalue weighted by Crippen LogP contribution is 2.37. The molecule has 31 heavy (non-hydrogen) atoms. The van der Waals surface area contributed by atoms with Gasteiger partial charge in [0.25, 0.3) is 11.5 Å². The minimum atomic E-state index is -0.539. The number of hydrogen-bond donors (Lipinski definition) is 2. The van der Waals surface area contributed by atoms with Crippen molar-refractivity contribution in [3.05, 3.63) is 39.9 Å². The minimum absolute atomic E-state index is 0.00592. The van der Waals surface area contributed by atoms with Gasteiger partial charge in [-0.3, -0.25) is 19.9 Å². The zero-order chi connectivity index (χ0) is 22.1. The van der Waals surface area contributed by atoms with E-state index in [0.717, 1.165) is 41.4 Å². The first kappa shape index (κ1) is 21.5. The smallest absolute Gasteiger partial charge is 0.321 e. The molecule has 4 unspecified atom stereocenters. The molecule has 1 aliphatic carbocycles. The topological polar surface area (TPSA) is 102 Å². The second-order valence-corrected chi connectivity index (χ2v) is 8.91. The summed E-state index contributed by atoms with van der Waals surface area (Å²) in [4.78, 5) is 42.0. The van der Waals surface area contributed by atoms with Gasteiger partial charge in [-0.25, -0.2) is 4.79 Å². The lowest BCUT2D eigenvalue weighted by Gasteiger charge is -2.35. The molecule has 2 aromatic heterocycles. The van der Waals surface area contributed by atoms with Crippen LogP contribution in [-0.2, 0) is 16.6 Å². The average Bonchev–Trinajstić information content (AvgIpc) is 3.28. The van der Waals surface area contributed by atoms with Crippen LogP contribution in [0, 0.1) is 12.8 Å². The maximum Gasteiger partial charge on any atom is 0.321 e. The third-order valence-corrected chi connectivity index (χ3v) is 6.66. The zero-order valence-electron chi connectivity index (χ0n) is 18.3. The fourth-order valence-electron chi connectivity index (χ4n) is 4.84. The van der Waals surface area contributed by atoms with Crippen molar-refractivity contribution in [2.75, 3.05) is 6.61 Å². The van der Waals surface area contributed by atoms with E-state index >= 15 is 0 Å². The summed E-state index contributed by atoms with van der Waals surface area (Å²) in [6.45, 7) is 4.61. The van der Waals surface area contributed by atoms with Gasteiger partial charge in [-0.2, -0.15) is 0 Å². The summed E-state index contributed by atoms with van der Waals surface area (Å²) in [5, 5.41) is 6.26. The van der Waals surface area contributed by atoms with Crippen LogP contribution >= 0.6 is 0 Å². The van der Waals surface area contributed by atoms with Gasteiger partial charge in [-0.15, -0.1) is 0 Å². The van der Waals surface area contributed by atoms with Crippen LogP contribution in [0.15, 0.2) is 23.1 Å². The SMILES string of the molecule is Cc1cc2c(cn1)cc(C1CC(NC(=O)NC(=O)C3CCCO3)CCC1C)c(=O)n2C. The third kappa shape index (κ3) is 4.49. The first-order valence-corrected chi connectivity index (χ1v) is 11.0. The second kappa shape index (κ2) is 8.78. The Bertz CT molecular complexity index is 1060. The predicted molar refractivity (Wildman–Crippen MR) is 117 cm³/mol. The van der Waals surface area contributed by atoms with E-state index in [-0.39, 0.29) is 23.4 Å². The monoisotopic (exact) mass is 426 g/mol. The number of aryl methyl sites for hydroxylation is 2. The van der Waals surface area contributed by atoms with E-state index in [0.29, 0.717) is 25.4 Å². The molecular formula is C23H30N4O4. The molecule has 4 atom stereocenters. The van der Waals surface area contributed by atoms with E-state index in [1.54, 1.807) is 17.8 Å². The van der Waals surface area contributed by atoms with Gasteiger partial charge in [0.2, 0.25) is 0 Å². The van der Waals surface area contributed by atoms with Gasteiger partial charge >= 0.3 is 6.03 Å². The van der Waals surface area contributed by atoms with Crippen LogP contribution in [0.25, 0.3) is 10.9 Å². The molecule has 0 spiro atoms. The van der Waals surface area contributed by atoms with Crippen LogP contribution < -0.4 is 16.2 Å². The van der Waals surface area contributed by atoms with Crippen LogP contribution in [0.5, 0.6) is 0 Å².